The van der Waals surface area contributed by atoms with Crippen molar-refractivity contribution >= 4 is 29.0 Å². The number of amides is 2. The van der Waals surface area contributed by atoms with Crippen LogP contribution in [-0.4, -0.2) is 71.7 Å². The molecule has 2 aliphatic heterocycles. The lowest BCUT2D eigenvalue weighted by atomic mass is 9.92. The minimum atomic E-state index is -0.183. The van der Waals surface area contributed by atoms with Crippen LogP contribution in [0, 0.1) is 18.8 Å². The van der Waals surface area contributed by atoms with Gasteiger partial charge in [0.1, 0.15) is 11.7 Å². The molecule has 0 aromatic carbocycles. The predicted octanol–water partition coefficient (Wildman–Crippen LogP) is 5.13. The Morgan fingerprint density at radius 1 is 1.30 bits per heavy atom. The van der Waals surface area contributed by atoms with Gasteiger partial charge in [-0.1, -0.05) is 38.2 Å². The Hall–Kier alpha value is -3.13. The average molecular weight is 506 g/mol. The molecule has 2 unspecified atom stereocenters. The number of hydrogen-bond donors (Lipinski definition) is 2. The maximum absolute atomic E-state index is 13.1. The monoisotopic (exact) mass is 505 g/mol. The second-order valence-corrected chi connectivity index (χ2v) is 10.9. The average Bonchev–Trinajstić information content (AvgIpc) is 3.33. The molecule has 8 nitrogen and oxygen atoms in total. The van der Waals surface area contributed by atoms with Crippen LogP contribution in [0.25, 0.3) is 11.3 Å². The third-order valence-electron chi connectivity index (χ3n) is 7.37. The molecular formula is C29H43N7O. The van der Waals surface area contributed by atoms with Gasteiger partial charge in [0.05, 0.1) is 11.4 Å². The van der Waals surface area contributed by atoms with Crippen molar-refractivity contribution in [2.45, 2.75) is 58.9 Å². The van der Waals surface area contributed by atoms with Crippen molar-refractivity contribution < 1.29 is 4.79 Å². The lowest BCUT2D eigenvalue weighted by Gasteiger charge is -2.26. The van der Waals surface area contributed by atoms with Crippen LogP contribution in [0.2, 0.25) is 0 Å². The number of allylic oxidation sites excluding steroid dienone is 6. The summed E-state index contributed by atoms with van der Waals surface area (Å²) in [5.41, 5.74) is 3.92. The number of amidine groups is 1. The third kappa shape index (κ3) is 6.42. The van der Waals surface area contributed by atoms with Crippen molar-refractivity contribution in [1.29, 1.82) is 0 Å². The third-order valence-corrected chi connectivity index (χ3v) is 7.37. The lowest BCUT2D eigenvalue weighted by Crippen LogP contribution is -2.39. The predicted molar refractivity (Wildman–Crippen MR) is 153 cm³/mol. The van der Waals surface area contributed by atoms with Crippen LogP contribution in [0.15, 0.2) is 41.6 Å². The van der Waals surface area contributed by atoms with E-state index in [0.29, 0.717) is 11.7 Å². The summed E-state index contributed by atoms with van der Waals surface area (Å²) in [5, 5.41) is 11.4. The number of urea groups is 1. The van der Waals surface area contributed by atoms with Crippen molar-refractivity contribution in [1.82, 2.24) is 24.9 Å². The minimum absolute atomic E-state index is 0.157. The van der Waals surface area contributed by atoms with Crippen LogP contribution in [0.4, 0.5) is 10.6 Å². The molecule has 200 valence electrons. The highest BCUT2D eigenvalue weighted by Crippen LogP contribution is 2.35. The molecule has 37 heavy (non-hydrogen) atoms. The summed E-state index contributed by atoms with van der Waals surface area (Å²) in [6.07, 6.45) is 17.7. The van der Waals surface area contributed by atoms with Crippen LogP contribution < -0.4 is 10.6 Å². The Morgan fingerprint density at radius 3 is 2.81 bits per heavy atom. The molecule has 0 radical (unpaired) electrons. The summed E-state index contributed by atoms with van der Waals surface area (Å²) in [7, 11) is 6.17. The Bertz CT molecular complexity index is 1140. The fourth-order valence-electron chi connectivity index (χ4n) is 5.26. The summed E-state index contributed by atoms with van der Waals surface area (Å²) in [6.45, 7) is 8.32. The molecular weight excluding hydrogens is 462 g/mol. The first-order valence-corrected chi connectivity index (χ1v) is 13.6. The fraction of sp³-hybridized carbons (Fsp3) is 0.552. The van der Waals surface area contributed by atoms with Gasteiger partial charge in [-0.3, -0.25) is 5.32 Å². The first kappa shape index (κ1) is 26.9. The van der Waals surface area contributed by atoms with Crippen LogP contribution in [0.1, 0.15) is 57.2 Å². The summed E-state index contributed by atoms with van der Waals surface area (Å²) in [6, 6.07) is -0.0260. The van der Waals surface area contributed by atoms with Gasteiger partial charge in [0.25, 0.3) is 0 Å². The van der Waals surface area contributed by atoms with E-state index in [1.807, 2.05) is 31.9 Å². The van der Waals surface area contributed by atoms with E-state index in [0.717, 1.165) is 73.6 Å². The van der Waals surface area contributed by atoms with Gasteiger partial charge in [0, 0.05) is 44.4 Å². The SMILES string of the molecule is CC/C=C/C1CC(c2nn(C3=CCC(C)CC=C3)c(NC(=O)N[C@@H]3CCN(C)C3)c2C)=CN=C1N(C)C. The first-order valence-electron chi connectivity index (χ1n) is 13.6. The molecule has 3 atom stereocenters. The summed E-state index contributed by atoms with van der Waals surface area (Å²) < 4.78 is 1.91. The number of anilines is 1. The molecule has 2 amide bonds. The quantitative estimate of drug-likeness (QED) is 0.526. The number of aromatic nitrogens is 2. The fourth-order valence-corrected chi connectivity index (χ4v) is 5.26. The molecule has 1 saturated heterocycles. The number of hydrogen-bond acceptors (Lipinski definition) is 5. The zero-order valence-electron chi connectivity index (χ0n) is 23.3. The van der Waals surface area contributed by atoms with E-state index in [4.69, 9.17) is 10.1 Å². The largest absolute Gasteiger partial charge is 0.366 e. The standard InChI is InChI=1S/C29H43N7O/c1-7-8-11-22-17-23(18-30-28(22)34(4)5)26-21(3)27(32-29(37)31-24-15-16-35(6)19-24)36(33-26)25-12-9-10-20(2)13-14-25/h8-9,11-12,14,18,20,22,24H,7,10,13,15-17,19H2,1-6H3,(H2,31,32,37)/b11-8+/t20?,22?,24-/m1/s1. The highest BCUT2D eigenvalue weighted by atomic mass is 16.2. The maximum Gasteiger partial charge on any atom is 0.320 e. The molecule has 3 aliphatic rings. The van der Waals surface area contributed by atoms with Gasteiger partial charge in [-0.2, -0.15) is 5.10 Å². The first-order chi connectivity index (χ1) is 17.8. The van der Waals surface area contributed by atoms with Gasteiger partial charge in [-0.15, -0.1) is 0 Å². The Balaban J connectivity index is 1.69. The van der Waals surface area contributed by atoms with Crippen molar-refractivity contribution in [3.05, 3.63) is 47.8 Å². The van der Waals surface area contributed by atoms with Crippen molar-refractivity contribution in [3.63, 3.8) is 0 Å². The molecule has 0 spiro atoms. The molecule has 0 saturated carbocycles. The smallest absolute Gasteiger partial charge is 0.320 e. The molecule has 1 aromatic rings. The molecule has 4 rings (SSSR count). The zero-order valence-corrected chi connectivity index (χ0v) is 23.3. The van der Waals surface area contributed by atoms with E-state index in [9.17, 15) is 4.79 Å². The van der Waals surface area contributed by atoms with Crippen molar-refractivity contribution in [2.24, 2.45) is 16.8 Å². The number of likely N-dealkylation sites (tertiary alicyclic amines) is 1. The number of nitrogens with zero attached hydrogens (tertiary/aromatic N) is 5. The second kappa shape index (κ2) is 11.9. The van der Waals surface area contributed by atoms with E-state index in [-0.39, 0.29) is 18.0 Å². The van der Waals surface area contributed by atoms with Crippen molar-refractivity contribution in [2.75, 3.05) is 39.5 Å². The zero-order chi connectivity index (χ0) is 26.5. The number of rotatable bonds is 6. The summed E-state index contributed by atoms with van der Waals surface area (Å²) in [4.78, 5) is 22.2. The Morgan fingerprint density at radius 2 is 2.11 bits per heavy atom. The van der Waals surface area contributed by atoms with Crippen LogP contribution in [-0.2, 0) is 0 Å². The number of aliphatic imine (C=N–C) groups is 1. The molecule has 2 N–H and O–H groups in total. The highest BCUT2D eigenvalue weighted by molar-refractivity contribution is 5.93. The van der Waals surface area contributed by atoms with E-state index < -0.39 is 0 Å². The highest BCUT2D eigenvalue weighted by Gasteiger charge is 2.27. The Labute approximate surface area is 221 Å². The topological polar surface area (TPSA) is 77.8 Å². The van der Waals surface area contributed by atoms with Gasteiger partial charge >= 0.3 is 6.03 Å². The lowest BCUT2D eigenvalue weighted by molar-refractivity contribution is 0.248. The van der Waals surface area contributed by atoms with Gasteiger partial charge in [0.2, 0.25) is 0 Å². The number of carbonyl (C=O) groups excluding carboxylic acids is 1. The molecule has 8 heteroatoms. The summed E-state index contributed by atoms with van der Waals surface area (Å²) in [5.74, 6) is 2.53. The molecule has 3 heterocycles. The maximum atomic E-state index is 13.1. The van der Waals surface area contributed by atoms with Gasteiger partial charge < -0.3 is 15.1 Å². The van der Waals surface area contributed by atoms with Gasteiger partial charge in [-0.25, -0.2) is 14.5 Å². The summed E-state index contributed by atoms with van der Waals surface area (Å²) >= 11 is 0. The number of likely N-dealkylation sites (N-methyl/N-ethyl adjacent to an activating group) is 1. The minimum Gasteiger partial charge on any atom is -0.366 e. The van der Waals surface area contributed by atoms with Crippen LogP contribution in [0.3, 0.4) is 0 Å². The number of nitrogens with one attached hydrogen (secondary N) is 2. The van der Waals surface area contributed by atoms with Crippen molar-refractivity contribution in [3.8, 4) is 0 Å². The van der Waals surface area contributed by atoms with E-state index in [1.54, 1.807) is 0 Å². The van der Waals surface area contributed by atoms with Crippen LogP contribution in [0.5, 0.6) is 0 Å². The van der Waals surface area contributed by atoms with Crippen LogP contribution >= 0.6 is 0 Å². The Kier molecular flexibility index (Phi) is 8.69. The van der Waals surface area contributed by atoms with E-state index >= 15 is 0 Å². The molecule has 1 aliphatic carbocycles. The van der Waals surface area contributed by atoms with Gasteiger partial charge in [-0.05, 0) is 70.2 Å². The normalized spacial score (nSPS) is 24.5. The second-order valence-electron chi connectivity index (χ2n) is 10.9. The van der Waals surface area contributed by atoms with E-state index in [2.05, 4.69) is 71.7 Å². The van der Waals surface area contributed by atoms with E-state index in [1.165, 1.54) is 0 Å². The van der Waals surface area contributed by atoms with Gasteiger partial charge in [0.15, 0.2) is 0 Å². The number of carbonyl (C=O) groups is 1. The molecule has 1 fully saturated rings. The molecule has 1 aromatic heterocycles. The molecule has 0 bridgehead atoms.